The van der Waals surface area contributed by atoms with Gasteiger partial charge in [-0.25, -0.2) is 0 Å². The molecule has 0 radical (unpaired) electrons. The van der Waals surface area contributed by atoms with Crippen molar-refractivity contribution in [3.8, 4) is 0 Å². The molecule has 45 heavy (non-hydrogen) atoms. The van der Waals surface area contributed by atoms with E-state index < -0.39 is 0 Å². The van der Waals surface area contributed by atoms with Crippen LogP contribution >= 0.6 is 0 Å². The van der Waals surface area contributed by atoms with Crippen molar-refractivity contribution in [2.45, 2.75) is 113 Å². The van der Waals surface area contributed by atoms with Crippen LogP contribution in [0.1, 0.15) is 153 Å². The van der Waals surface area contributed by atoms with Crippen molar-refractivity contribution in [1.82, 2.24) is 16.0 Å². The van der Waals surface area contributed by atoms with Crippen molar-refractivity contribution in [1.29, 1.82) is 0 Å². The molecule has 244 valence electrons. The molecule has 0 saturated carbocycles. The predicted octanol–water partition coefficient (Wildman–Crippen LogP) is 2.97. The number of halogens is 2. The average Bonchev–Trinajstić information content (AvgIpc) is 2.91. The van der Waals surface area contributed by atoms with Crippen molar-refractivity contribution in [2.75, 3.05) is 0 Å². The second-order valence-corrected chi connectivity index (χ2v) is 13.0. The van der Waals surface area contributed by atoms with Gasteiger partial charge in [0.15, 0.2) is 0 Å². The van der Waals surface area contributed by atoms with Gasteiger partial charge in [-0.2, -0.15) is 0 Å². The number of nitrogens with one attached hydrogen (secondary N) is 3. The summed E-state index contributed by atoms with van der Waals surface area (Å²) in [6.07, 6.45) is 4.71. The van der Waals surface area contributed by atoms with E-state index >= 15 is 0 Å². The fraction of sp³-hybridized carbons (Fsp3) is 0.459. The third kappa shape index (κ3) is 10.3. The Kier molecular flexibility index (Phi) is 17.2. The minimum atomic E-state index is -0.0921. The molecule has 0 aliphatic carbocycles. The average molecular weight is 689 g/mol. The molecule has 0 atom stereocenters. The maximum atomic E-state index is 13.7. The molecule has 0 saturated heterocycles. The first-order valence-electron chi connectivity index (χ1n) is 15.4. The van der Waals surface area contributed by atoms with Crippen molar-refractivity contribution >= 4 is 11.8 Å². The predicted molar refractivity (Wildman–Crippen MR) is 176 cm³/mol. The first-order chi connectivity index (χ1) is 19.6. The van der Waals surface area contributed by atoms with Gasteiger partial charge < -0.3 is 40.8 Å². The normalized spacial score (nSPS) is 14.8. The van der Waals surface area contributed by atoms with E-state index in [-0.39, 0.29) is 82.0 Å². The number of amides is 2. The van der Waals surface area contributed by atoms with Crippen LogP contribution in [0.4, 0.5) is 0 Å². The summed E-state index contributed by atoms with van der Waals surface area (Å²) in [5.74, 6) is 0.741. The number of carbonyl (C=O) groups excluding carboxylic acids is 2. The van der Waals surface area contributed by atoms with Gasteiger partial charge in [0.05, 0.1) is 5.70 Å². The van der Waals surface area contributed by atoms with Gasteiger partial charge in [0.1, 0.15) is 0 Å². The number of hydrogen-bond donors (Lipinski definition) is 3. The van der Waals surface area contributed by atoms with Crippen LogP contribution in [0.5, 0.6) is 0 Å². The van der Waals surface area contributed by atoms with Gasteiger partial charge in [0, 0.05) is 34.6 Å². The van der Waals surface area contributed by atoms with E-state index in [9.17, 15) is 9.59 Å². The van der Waals surface area contributed by atoms with E-state index in [0.29, 0.717) is 6.42 Å². The zero-order valence-electron chi connectivity index (χ0n) is 29.1. The summed E-state index contributed by atoms with van der Waals surface area (Å²) < 4.78 is 0. The Hall–Kier alpha value is -2.31. The molecule has 1 aliphatic heterocycles. The molecular weight excluding hydrogens is 637 g/mol. The smallest absolute Gasteiger partial charge is 1.00 e. The van der Waals surface area contributed by atoms with Gasteiger partial charge in [-0.15, -0.1) is 0 Å². The molecule has 0 fully saturated rings. The van der Waals surface area contributed by atoms with Gasteiger partial charge >= 0.3 is 21.7 Å². The molecular formula is C37H51Cl2N3O2Ti. The van der Waals surface area contributed by atoms with Gasteiger partial charge in [0.25, 0.3) is 11.8 Å². The van der Waals surface area contributed by atoms with E-state index in [1.807, 2.05) is 19.9 Å². The summed E-state index contributed by atoms with van der Waals surface area (Å²) >= 11 is 0. The molecule has 1 aliphatic rings. The molecule has 5 nitrogen and oxygen atoms in total. The maximum Gasteiger partial charge on any atom is 2.00 e. The first kappa shape index (κ1) is 42.7. The number of allylic oxidation sites excluding steroid dienone is 4. The van der Waals surface area contributed by atoms with Crippen LogP contribution in [0.2, 0.25) is 0 Å². The van der Waals surface area contributed by atoms with Crippen LogP contribution in [0.25, 0.3) is 0 Å². The molecule has 8 heteroatoms. The number of rotatable bonds is 8. The Morgan fingerprint density at radius 2 is 0.978 bits per heavy atom. The van der Waals surface area contributed by atoms with Crippen molar-refractivity contribution < 1.29 is 56.1 Å². The molecule has 3 N–H and O–H groups in total. The van der Waals surface area contributed by atoms with Crippen LogP contribution in [-0.2, 0) is 21.7 Å². The quantitative estimate of drug-likeness (QED) is 0.374. The summed E-state index contributed by atoms with van der Waals surface area (Å²) in [6, 6.07) is 8.52. The van der Waals surface area contributed by atoms with Gasteiger partial charge in [-0.3, -0.25) is 9.59 Å². The Balaban J connectivity index is 0.00000645. The second-order valence-electron chi connectivity index (χ2n) is 13.0. The Morgan fingerprint density at radius 1 is 0.644 bits per heavy atom. The Morgan fingerprint density at radius 3 is 1.31 bits per heavy atom. The van der Waals surface area contributed by atoms with E-state index in [1.165, 1.54) is 11.1 Å². The molecule has 3 rings (SSSR count). The monoisotopic (exact) mass is 687 g/mol. The minimum Gasteiger partial charge on any atom is -1.00 e. The topological polar surface area (TPSA) is 70.2 Å². The van der Waals surface area contributed by atoms with Gasteiger partial charge in [-0.05, 0) is 79.7 Å². The summed E-state index contributed by atoms with van der Waals surface area (Å²) in [5.41, 5.74) is 11.4. The molecule has 0 aromatic heterocycles. The fourth-order valence-corrected chi connectivity index (χ4v) is 5.66. The van der Waals surface area contributed by atoms with Gasteiger partial charge in [0.2, 0.25) is 0 Å². The molecule has 0 bridgehead atoms. The third-order valence-electron chi connectivity index (χ3n) is 7.98. The zero-order chi connectivity index (χ0) is 31.5. The Bertz CT molecular complexity index is 1410. The van der Waals surface area contributed by atoms with Crippen molar-refractivity contribution in [3.63, 3.8) is 0 Å². The van der Waals surface area contributed by atoms with Crippen LogP contribution in [0, 0.1) is 13.8 Å². The largest absolute Gasteiger partial charge is 2.00 e. The molecule has 0 spiro atoms. The van der Waals surface area contributed by atoms with Gasteiger partial charge in [-0.1, -0.05) is 96.9 Å². The number of carbonyl (C=O) groups is 2. The standard InChI is InChI=1S/C37H51N3O2.2ClH.Ti/c1-20(2)28-16-24(9)17-29(21(3)4)34(28)36(41)38-26(11)32-14-13-15-33(40-32)27(12)39-37(42)35-30(22(5)6)18-25(10)19-31(35)23(7)8;;;/h13-14,16-23,40H,15H2,1-12H3,(H,38,41)(H,39,42);2*1H;/q;;;+2/p-2. The summed E-state index contributed by atoms with van der Waals surface area (Å²) in [4.78, 5) is 27.4. The third-order valence-corrected chi connectivity index (χ3v) is 7.98. The fourth-order valence-electron chi connectivity index (χ4n) is 5.66. The summed E-state index contributed by atoms with van der Waals surface area (Å²) in [6.45, 7) is 25.1. The van der Waals surface area contributed by atoms with E-state index in [4.69, 9.17) is 0 Å². The van der Waals surface area contributed by atoms with Crippen molar-refractivity contribution in [2.24, 2.45) is 0 Å². The molecule has 1 heterocycles. The Labute approximate surface area is 299 Å². The number of hydrogen-bond acceptors (Lipinski definition) is 3. The zero-order valence-corrected chi connectivity index (χ0v) is 32.1. The first-order valence-corrected chi connectivity index (χ1v) is 15.4. The molecule has 2 amide bonds. The van der Waals surface area contributed by atoms with Crippen LogP contribution in [-0.4, -0.2) is 11.8 Å². The van der Waals surface area contributed by atoms with Crippen LogP contribution in [0.3, 0.4) is 0 Å². The van der Waals surface area contributed by atoms with Crippen molar-refractivity contribution in [3.05, 3.63) is 104 Å². The number of aryl methyl sites for hydroxylation is 2. The molecule has 0 unspecified atom stereocenters. The molecule has 2 aromatic carbocycles. The summed E-state index contributed by atoms with van der Waals surface area (Å²) in [5, 5.41) is 9.82. The van der Waals surface area contributed by atoms with Crippen LogP contribution < -0.4 is 40.8 Å². The minimum absolute atomic E-state index is 0. The number of benzene rings is 2. The summed E-state index contributed by atoms with van der Waals surface area (Å²) in [7, 11) is 0. The SMILES string of the molecule is CC(NC(=O)c1c(C(C)C)cc(C)cc1C(C)C)=C1C=CCC(=C(C)NC(=O)c2c(C(C)C)cc(C)cc2C(C)C)N1.[Cl-].[Cl-].[Ti+2]. The second kappa shape index (κ2) is 18.1. The van der Waals surface area contributed by atoms with E-state index in [1.54, 1.807) is 0 Å². The maximum absolute atomic E-state index is 13.7. The van der Waals surface area contributed by atoms with E-state index in [0.717, 1.165) is 56.2 Å². The van der Waals surface area contributed by atoms with E-state index in [2.05, 4.69) is 116 Å². The molecule has 2 aromatic rings. The van der Waals surface area contributed by atoms with Crippen LogP contribution in [0.15, 0.2) is 59.2 Å².